The molecule has 1 heterocycles. The SMILES string of the molecule is CC(C)N(CCO)C(=O)c1ccc(F)cn1. The van der Waals surface area contributed by atoms with Crippen molar-refractivity contribution in [1.82, 2.24) is 9.88 Å². The summed E-state index contributed by atoms with van der Waals surface area (Å²) in [7, 11) is 0. The number of carbonyl (C=O) groups excluding carboxylic acids is 1. The molecule has 88 valence electrons. The van der Waals surface area contributed by atoms with Gasteiger partial charge in [0, 0.05) is 12.6 Å². The van der Waals surface area contributed by atoms with Gasteiger partial charge in [-0.05, 0) is 26.0 Å². The van der Waals surface area contributed by atoms with Crippen LogP contribution in [0.1, 0.15) is 24.3 Å². The molecular formula is C11H15FN2O2. The molecule has 0 fully saturated rings. The molecule has 0 spiro atoms. The van der Waals surface area contributed by atoms with Crippen molar-refractivity contribution in [3.8, 4) is 0 Å². The lowest BCUT2D eigenvalue weighted by Crippen LogP contribution is -2.39. The Morgan fingerprint density at radius 3 is 2.69 bits per heavy atom. The summed E-state index contributed by atoms with van der Waals surface area (Å²) in [5.74, 6) is -0.779. The maximum absolute atomic E-state index is 12.6. The predicted molar refractivity (Wildman–Crippen MR) is 57.5 cm³/mol. The molecular weight excluding hydrogens is 211 g/mol. The third-order valence-electron chi connectivity index (χ3n) is 2.17. The zero-order valence-electron chi connectivity index (χ0n) is 9.35. The Balaban J connectivity index is 2.86. The van der Waals surface area contributed by atoms with Crippen molar-refractivity contribution in [2.24, 2.45) is 0 Å². The van der Waals surface area contributed by atoms with Crippen LogP contribution in [0.15, 0.2) is 18.3 Å². The molecule has 0 atom stereocenters. The molecule has 0 aliphatic rings. The highest BCUT2D eigenvalue weighted by Gasteiger charge is 2.19. The lowest BCUT2D eigenvalue weighted by Gasteiger charge is -2.25. The lowest BCUT2D eigenvalue weighted by molar-refractivity contribution is 0.0659. The Bertz CT molecular complexity index is 352. The van der Waals surface area contributed by atoms with Crippen LogP contribution in [0.2, 0.25) is 0 Å². The van der Waals surface area contributed by atoms with Crippen molar-refractivity contribution in [1.29, 1.82) is 0 Å². The molecule has 0 aliphatic carbocycles. The lowest BCUT2D eigenvalue weighted by atomic mass is 10.2. The third kappa shape index (κ3) is 3.00. The van der Waals surface area contributed by atoms with Gasteiger partial charge >= 0.3 is 0 Å². The van der Waals surface area contributed by atoms with Crippen LogP contribution in [0.4, 0.5) is 4.39 Å². The molecule has 0 aliphatic heterocycles. The minimum atomic E-state index is -0.477. The number of halogens is 1. The highest BCUT2D eigenvalue weighted by molar-refractivity contribution is 5.92. The second-order valence-corrected chi connectivity index (χ2v) is 3.68. The minimum absolute atomic E-state index is 0.0356. The Kier molecular flexibility index (Phi) is 4.37. The van der Waals surface area contributed by atoms with Crippen molar-refractivity contribution < 1.29 is 14.3 Å². The number of hydrogen-bond acceptors (Lipinski definition) is 3. The molecule has 5 heteroatoms. The summed E-state index contributed by atoms with van der Waals surface area (Å²) >= 11 is 0. The quantitative estimate of drug-likeness (QED) is 0.835. The second-order valence-electron chi connectivity index (χ2n) is 3.68. The zero-order valence-corrected chi connectivity index (χ0v) is 9.35. The van der Waals surface area contributed by atoms with E-state index in [1.807, 2.05) is 13.8 Å². The summed E-state index contributed by atoms with van der Waals surface area (Å²) in [6.07, 6.45) is 1.00. The van der Waals surface area contributed by atoms with Gasteiger partial charge < -0.3 is 10.0 Å². The number of nitrogens with zero attached hydrogens (tertiary/aromatic N) is 2. The number of aliphatic hydroxyl groups excluding tert-OH is 1. The largest absolute Gasteiger partial charge is 0.395 e. The molecule has 1 rings (SSSR count). The fraction of sp³-hybridized carbons (Fsp3) is 0.455. The molecule has 4 nitrogen and oxygen atoms in total. The number of carbonyl (C=O) groups is 1. The van der Waals surface area contributed by atoms with Crippen LogP contribution >= 0.6 is 0 Å². The summed E-state index contributed by atoms with van der Waals surface area (Å²) in [6, 6.07) is 2.49. The van der Waals surface area contributed by atoms with E-state index in [4.69, 9.17) is 5.11 Å². The van der Waals surface area contributed by atoms with Crippen LogP contribution in [0.5, 0.6) is 0 Å². The Morgan fingerprint density at radius 2 is 2.25 bits per heavy atom. The normalized spacial score (nSPS) is 10.6. The van der Waals surface area contributed by atoms with Gasteiger partial charge in [0.1, 0.15) is 11.5 Å². The van der Waals surface area contributed by atoms with Crippen LogP contribution in [0.25, 0.3) is 0 Å². The average Bonchev–Trinajstić information content (AvgIpc) is 2.25. The number of aromatic nitrogens is 1. The van der Waals surface area contributed by atoms with E-state index in [1.54, 1.807) is 0 Å². The summed E-state index contributed by atoms with van der Waals surface area (Å²) < 4.78 is 12.6. The van der Waals surface area contributed by atoms with Gasteiger partial charge in [0.05, 0.1) is 12.8 Å². The first kappa shape index (κ1) is 12.6. The van der Waals surface area contributed by atoms with Gasteiger partial charge in [-0.25, -0.2) is 9.37 Å². The average molecular weight is 226 g/mol. The van der Waals surface area contributed by atoms with E-state index in [0.717, 1.165) is 6.20 Å². The van der Waals surface area contributed by atoms with Crippen LogP contribution in [0, 0.1) is 5.82 Å². The van der Waals surface area contributed by atoms with Crippen LogP contribution in [0.3, 0.4) is 0 Å². The first-order valence-corrected chi connectivity index (χ1v) is 5.09. The van der Waals surface area contributed by atoms with E-state index in [2.05, 4.69) is 4.98 Å². The first-order valence-electron chi connectivity index (χ1n) is 5.09. The topological polar surface area (TPSA) is 53.4 Å². The molecule has 0 saturated heterocycles. The maximum Gasteiger partial charge on any atom is 0.272 e. The molecule has 0 aromatic carbocycles. The van der Waals surface area contributed by atoms with Crippen molar-refractivity contribution >= 4 is 5.91 Å². The number of pyridine rings is 1. The van der Waals surface area contributed by atoms with E-state index in [9.17, 15) is 9.18 Å². The van der Waals surface area contributed by atoms with Gasteiger partial charge in [-0.2, -0.15) is 0 Å². The monoisotopic (exact) mass is 226 g/mol. The molecule has 0 bridgehead atoms. The van der Waals surface area contributed by atoms with Gasteiger partial charge in [-0.3, -0.25) is 4.79 Å². The van der Waals surface area contributed by atoms with Crippen LogP contribution in [-0.2, 0) is 0 Å². The summed E-state index contributed by atoms with van der Waals surface area (Å²) in [6.45, 7) is 3.83. The Morgan fingerprint density at radius 1 is 1.56 bits per heavy atom. The van der Waals surface area contributed by atoms with Crippen molar-refractivity contribution in [3.05, 3.63) is 29.8 Å². The molecule has 16 heavy (non-hydrogen) atoms. The Labute approximate surface area is 93.7 Å². The number of hydrogen-bond donors (Lipinski definition) is 1. The molecule has 1 aromatic heterocycles. The third-order valence-corrected chi connectivity index (χ3v) is 2.17. The summed E-state index contributed by atoms with van der Waals surface area (Å²) in [5.41, 5.74) is 0.184. The summed E-state index contributed by atoms with van der Waals surface area (Å²) in [5, 5.41) is 8.85. The van der Waals surface area contributed by atoms with Gasteiger partial charge in [0.25, 0.3) is 5.91 Å². The van der Waals surface area contributed by atoms with Gasteiger partial charge in [-0.1, -0.05) is 0 Å². The highest BCUT2D eigenvalue weighted by atomic mass is 19.1. The second kappa shape index (κ2) is 5.55. The van der Waals surface area contributed by atoms with E-state index >= 15 is 0 Å². The van der Waals surface area contributed by atoms with E-state index in [-0.39, 0.29) is 30.8 Å². The molecule has 0 saturated carbocycles. The van der Waals surface area contributed by atoms with Gasteiger partial charge in [-0.15, -0.1) is 0 Å². The predicted octanol–water partition coefficient (Wildman–Crippen LogP) is 1.06. The molecule has 1 amide bonds. The molecule has 0 radical (unpaired) electrons. The van der Waals surface area contributed by atoms with Gasteiger partial charge in [0.15, 0.2) is 0 Å². The minimum Gasteiger partial charge on any atom is -0.395 e. The maximum atomic E-state index is 12.6. The fourth-order valence-electron chi connectivity index (χ4n) is 1.35. The fourth-order valence-corrected chi connectivity index (χ4v) is 1.35. The Hall–Kier alpha value is -1.49. The molecule has 0 unspecified atom stereocenters. The number of amides is 1. The summed E-state index contributed by atoms with van der Waals surface area (Å²) in [4.78, 5) is 17.1. The van der Waals surface area contributed by atoms with E-state index in [1.165, 1.54) is 17.0 Å². The standard InChI is InChI=1S/C11H15FN2O2/c1-8(2)14(5-6-15)11(16)10-4-3-9(12)7-13-10/h3-4,7-8,15H,5-6H2,1-2H3. The van der Waals surface area contributed by atoms with Crippen LogP contribution < -0.4 is 0 Å². The van der Waals surface area contributed by atoms with Crippen molar-refractivity contribution in [2.45, 2.75) is 19.9 Å². The smallest absolute Gasteiger partial charge is 0.272 e. The number of rotatable bonds is 4. The first-order chi connectivity index (χ1) is 7.56. The highest BCUT2D eigenvalue weighted by Crippen LogP contribution is 2.06. The van der Waals surface area contributed by atoms with E-state index in [0.29, 0.717) is 0 Å². The van der Waals surface area contributed by atoms with Crippen molar-refractivity contribution in [3.63, 3.8) is 0 Å². The van der Waals surface area contributed by atoms with E-state index < -0.39 is 5.82 Å². The van der Waals surface area contributed by atoms with Crippen molar-refractivity contribution in [2.75, 3.05) is 13.2 Å². The number of aliphatic hydroxyl groups is 1. The molecule has 1 aromatic rings. The van der Waals surface area contributed by atoms with Gasteiger partial charge in [0.2, 0.25) is 0 Å². The van der Waals surface area contributed by atoms with Crippen LogP contribution in [-0.4, -0.2) is 40.1 Å². The zero-order chi connectivity index (χ0) is 12.1. The molecule has 1 N–H and O–H groups in total.